The average Bonchev–Trinajstić information content (AvgIpc) is 2.66. The van der Waals surface area contributed by atoms with E-state index in [1.807, 2.05) is 31.4 Å². The Morgan fingerprint density at radius 1 is 1.17 bits per heavy atom. The van der Waals surface area contributed by atoms with Crippen LogP contribution in [0, 0.1) is 4.77 Å². The first-order valence-corrected chi connectivity index (χ1v) is 9.97. The van der Waals surface area contributed by atoms with Crippen molar-refractivity contribution >= 4 is 35.0 Å². The summed E-state index contributed by atoms with van der Waals surface area (Å²) in [6, 6.07) is 3.65. The summed E-state index contributed by atoms with van der Waals surface area (Å²) < 4.78 is 18.5. The highest BCUT2D eigenvalue weighted by molar-refractivity contribution is 7.71. The topological polar surface area (TPSA) is 91.8 Å². The number of hydrogen-bond donors (Lipinski definition) is 1. The minimum absolute atomic E-state index is 0.0613. The molecule has 0 atom stereocenters. The number of anilines is 1. The van der Waals surface area contributed by atoms with Crippen LogP contribution < -0.4 is 15.2 Å². The molecule has 1 aromatic heterocycles. The fourth-order valence-corrected chi connectivity index (χ4v) is 3.89. The van der Waals surface area contributed by atoms with Gasteiger partial charge in [0.15, 0.2) is 11.5 Å². The van der Waals surface area contributed by atoms with Crippen molar-refractivity contribution in [1.82, 2.24) is 14.5 Å². The van der Waals surface area contributed by atoms with E-state index < -0.39 is 5.60 Å². The van der Waals surface area contributed by atoms with Crippen LogP contribution in [-0.2, 0) is 4.74 Å². The molecule has 158 valence electrons. The Labute approximate surface area is 175 Å². The van der Waals surface area contributed by atoms with Gasteiger partial charge in [0.25, 0.3) is 0 Å². The molecule has 2 N–H and O–H groups in total. The van der Waals surface area contributed by atoms with Gasteiger partial charge in [-0.1, -0.05) is 0 Å². The summed E-state index contributed by atoms with van der Waals surface area (Å²) in [7, 11) is 3.15. The number of aromatic nitrogens is 2. The van der Waals surface area contributed by atoms with Gasteiger partial charge < -0.3 is 24.8 Å². The average molecular weight is 421 g/mol. The normalized spacial score (nSPS) is 15.4. The highest BCUT2D eigenvalue weighted by atomic mass is 32.1. The molecule has 3 rings (SSSR count). The molecule has 0 radical (unpaired) electrons. The number of ether oxygens (including phenoxy) is 3. The first kappa shape index (κ1) is 21.2. The Balaban J connectivity index is 1.87. The van der Waals surface area contributed by atoms with Crippen molar-refractivity contribution in [3.05, 3.63) is 16.9 Å². The Bertz CT molecular complexity index is 975. The highest BCUT2D eigenvalue weighted by Crippen LogP contribution is 2.36. The molecular formula is C20H28N4O4S. The van der Waals surface area contributed by atoms with Crippen LogP contribution in [0.4, 0.5) is 10.6 Å². The molecule has 2 heterocycles. The molecule has 0 aliphatic carbocycles. The van der Waals surface area contributed by atoms with E-state index in [1.54, 1.807) is 25.2 Å². The molecule has 1 aromatic carbocycles. The molecule has 1 fully saturated rings. The number of hydrogen-bond acceptors (Lipinski definition) is 7. The fourth-order valence-electron chi connectivity index (χ4n) is 3.54. The van der Waals surface area contributed by atoms with Crippen molar-refractivity contribution in [2.75, 3.05) is 33.0 Å². The van der Waals surface area contributed by atoms with Crippen LogP contribution in [0.15, 0.2) is 12.1 Å². The number of methoxy groups -OCH3 is 2. The number of piperidine rings is 1. The number of carbonyl (C=O) groups is 1. The van der Waals surface area contributed by atoms with Crippen molar-refractivity contribution in [3.8, 4) is 11.5 Å². The number of nitrogens with zero attached hydrogens (tertiary/aromatic N) is 3. The fraction of sp³-hybridized carbons (Fsp3) is 0.550. The lowest BCUT2D eigenvalue weighted by Crippen LogP contribution is -2.42. The molecule has 1 aliphatic heterocycles. The minimum atomic E-state index is -0.511. The van der Waals surface area contributed by atoms with Crippen LogP contribution in [0.25, 0.3) is 10.9 Å². The Morgan fingerprint density at radius 3 is 2.31 bits per heavy atom. The van der Waals surface area contributed by atoms with Gasteiger partial charge >= 0.3 is 6.09 Å². The van der Waals surface area contributed by atoms with Crippen molar-refractivity contribution in [3.63, 3.8) is 0 Å². The van der Waals surface area contributed by atoms with Gasteiger partial charge in [0.2, 0.25) is 4.77 Å². The molecule has 8 nitrogen and oxygen atoms in total. The van der Waals surface area contributed by atoms with Crippen molar-refractivity contribution < 1.29 is 19.0 Å². The third kappa shape index (κ3) is 4.39. The van der Waals surface area contributed by atoms with Gasteiger partial charge in [-0.2, -0.15) is 0 Å². The van der Waals surface area contributed by atoms with E-state index in [-0.39, 0.29) is 12.1 Å². The van der Waals surface area contributed by atoms with Gasteiger partial charge in [-0.25, -0.2) is 9.78 Å². The molecule has 1 amide bonds. The lowest BCUT2D eigenvalue weighted by atomic mass is 10.0. The van der Waals surface area contributed by atoms with Gasteiger partial charge in [-0.3, -0.25) is 4.57 Å². The van der Waals surface area contributed by atoms with E-state index >= 15 is 0 Å². The zero-order valence-corrected chi connectivity index (χ0v) is 18.3. The lowest BCUT2D eigenvalue weighted by Gasteiger charge is -2.34. The second-order valence-corrected chi connectivity index (χ2v) is 8.44. The van der Waals surface area contributed by atoms with Gasteiger partial charge in [0, 0.05) is 30.6 Å². The van der Waals surface area contributed by atoms with Crippen molar-refractivity contribution in [2.45, 2.75) is 45.3 Å². The summed E-state index contributed by atoms with van der Waals surface area (Å²) in [5.74, 6) is 1.69. The maximum Gasteiger partial charge on any atom is 0.410 e. The smallest absolute Gasteiger partial charge is 0.410 e. The zero-order chi connectivity index (χ0) is 21.3. The van der Waals surface area contributed by atoms with Crippen molar-refractivity contribution in [1.29, 1.82) is 0 Å². The Hall–Kier alpha value is -2.55. The third-order valence-electron chi connectivity index (χ3n) is 4.94. The molecule has 9 heteroatoms. The first-order valence-electron chi connectivity index (χ1n) is 9.56. The van der Waals surface area contributed by atoms with Crippen LogP contribution in [0.5, 0.6) is 11.5 Å². The van der Waals surface area contributed by atoms with E-state index in [0.717, 1.165) is 18.2 Å². The largest absolute Gasteiger partial charge is 0.493 e. The second kappa shape index (κ2) is 8.06. The van der Waals surface area contributed by atoms with E-state index in [1.165, 1.54) is 0 Å². The maximum atomic E-state index is 12.3. The summed E-state index contributed by atoms with van der Waals surface area (Å²) in [5.41, 5.74) is 6.65. The molecule has 0 unspecified atom stereocenters. The first-order chi connectivity index (χ1) is 13.6. The molecule has 1 saturated heterocycles. The van der Waals surface area contributed by atoms with Crippen LogP contribution >= 0.6 is 12.2 Å². The molecule has 1 aliphatic rings. The third-order valence-corrected chi connectivity index (χ3v) is 5.23. The number of rotatable bonds is 3. The second-order valence-electron chi connectivity index (χ2n) is 8.07. The van der Waals surface area contributed by atoms with Crippen LogP contribution in [-0.4, -0.2) is 53.5 Å². The molecule has 0 spiro atoms. The number of benzene rings is 1. The Morgan fingerprint density at radius 2 is 1.76 bits per heavy atom. The molecule has 0 bridgehead atoms. The number of likely N-dealkylation sites (tertiary alicyclic amines) is 1. The zero-order valence-electron chi connectivity index (χ0n) is 17.5. The lowest BCUT2D eigenvalue weighted by molar-refractivity contribution is 0.0188. The van der Waals surface area contributed by atoms with Crippen LogP contribution in [0.2, 0.25) is 0 Å². The summed E-state index contributed by atoms with van der Waals surface area (Å²) in [6.45, 7) is 6.74. The number of fused-ring (bicyclic) bond motifs is 1. The predicted molar refractivity (Wildman–Crippen MR) is 114 cm³/mol. The van der Waals surface area contributed by atoms with Gasteiger partial charge in [-0.15, -0.1) is 0 Å². The number of nitrogens with two attached hydrogens (primary N) is 1. The molecule has 2 aromatic rings. The quantitative estimate of drug-likeness (QED) is 0.752. The van der Waals surface area contributed by atoms with Gasteiger partial charge in [-0.05, 0) is 51.9 Å². The van der Waals surface area contributed by atoms with E-state index in [0.29, 0.717) is 40.7 Å². The highest BCUT2D eigenvalue weighted by Gasteiger charge is 2.28. The summed E-state index contributed by atoms with van der Waals surface area (Å²) in [5, 5.41) is 0.755. The van der Waals surface area contributed by atoms with Gasteiger partial charge in [0.05, 0.1) is 19.7 Å². The molecule has 0 saturated carbocycles. The summed E-state index contributed by atoms with van der Waals surface area (Å²) in [6.07, 6.45) is 1.15. The van der Waals surface area contributed by atoms with Crippen LogP contribution in [0.3, 0.4) is 0 Å². The van der Waals surface area contributed by atoms with E-state index in [4.69, 9.17) is 32.2 Å². The summed E-state index contributed by atoms with van der Waals surface area (Å²) in [4.78, 5) is 18.6. The molecule has 29 heavy (non-hydrogen) atoms. The van der Waals surface area contributed by atoms with Crippen LogP contribution in [0.1, 0.15) is 39.7 Å². The molecular weight excluding hydrogens is 392 g/mol. The monoisotopic (exact) mass is 420 g/mol. The van der Waals surface area contributed by atoms with Crippen molar-refractivity contribution in [2.24, 2.45) is 0 Å². The number of nitrogen functional groups attached to an aromatic ring is 1. The predicted octanol–water partition coefficient (Wildman–Crippen LogP) is 3.94. The minimum Gasteiger partial charge on any atom is -0.493 e. The Kier molecular flexibility index (Phi) is 5.88. The SMILES string of the molecule is COc1cc2nc(=S)n(C3CCN(C(=O)OC(C)(C)C)CC3)c(N)c2cc1OC. The van der Waals surface area contributed by atoms with E-state index in [2.05, 4.69) is 4.98 Å². The number of amides is 1. The maximum absolute atomic E-state index is 12.3. The standard InChI is InChI=1S/C20H28N4O4S/c1-20(2,3)28-19(25)23-8-6-12(7-9-23)24-17(21)13-10-15(26-4)16(27-5)11-14(13)22-18(24)29/h10-12H,6-9,21H2,1-5H3. The summed E-state index contributed by atoms with van der Waals surface area (Å²) >= 11 is 5.54. The van der Waals surface area contributed by atoms with Gasteiger partial charge in [0.1, 0.15) is 11.4 Å². The van der Waals surface area contributed by atoms with E-state index in [9.17, 15) is 4.79 Å². The number of carbonyl (C=O) groups excluding carboxylic acids is 1.